The molecule has 2 aromatic heterocycles. The van der Waals surface area contributed by atoms with Gasteiger partial charge < -0.3 is 20.1 Å². The molecule has 190 valence electrons. The van der Waals surface area contributed by atoms with Crippen molar-refractivity contribution in [3.8, 4) is 5.69 Å². The number of anilines is 1. The Bertz CT molecular complexity index is 1380. The zero-order valence-electron chi connectivity index (χ0n) is 22.0. The van der Waals surface area contributed by atoms with E-state index >= 15 is 0 Å². The second-order valence-corrected chi connectivity index (χ2v) is 10.2. The SMILES string of the molecule is Cc1cccc(-n2c(C)cc([C@H]3[C@H](c4ccccn4)NC(=S)N3CCCNc3ccccc3)c2C)c1C. The molecule has 0 radical (unpaired) electrons. The Morgan fingerprint density at radius 1 is 0.946 bits per heavy atom. The van der Waals surface area contributed by atoms with Gasteiger partial charge in [0.25, 0.3) is 0 Å². The highest BCUT2D eigenvalue weighted by atomic mass is 32.1. The van der Waals surface area contributed by atoms with Crippen LogP contribution in [-0.4, -0.2) is 32.7 Å². The number of para-hydroxylation sites is 1. The number of nitrogens with one attached hydrogen (secondary N) is 2. The zero-order chi connectivity index (χ0) is 25.9. The van der Waals surface area contributed by atoms with Gasteiger partial charge in [0.2, 0.25) is 0 Å². The van der Waals surface area contributed by atoms with Gasteiger partial charge in [-0.05, 0) is 99.4 Å². The molecule has 0 saturated carbocycles. The molecule has 1 aliphatic heterocycles. The van der Waals surface area contributed by atoms with Gasteiger partial charge in [-0.1, -0.05) is 36.4 Å². The Labute approximate surface area is 225 Å². The van der Waals surface area contributed by atoms with Crippen molar-refractivity contribution < 1.29 is 0 Å². The Kier molecular flexibility index (Phi) is 7.28. The van der Waals surface area contributed by atoms with Crippen LogP contribution in [0.5, 0.6) is 0 Å². The molecular formula is C31H35N5S. The molecule has 1 saturated heterocycles. The van der Waals surface area contributed by atoms with Crippen molar-refractivity contribution in [2.24, 2.45) is 0 Å². The molecule has 37 heavy (non-hydrogen) atoms. The van der Waals surface area contributed by atoms with E-state index in [-0.39, 0.29) is 12.1 Å². The molecule has 0 unspecified atom stereocenters. The third-order valence-corrected chi connectivity index (χ3v) is 7.83. The van der Waals surface area contributed by atoms with Crippen molar-refractivity contribution in [3.05, 3.63) is 113 Å². The van der Waals surface area contributed by atoms with Crippen LogP contribution in [0, 0.1) is 27.7 Å². The van der Waals surface area contributed by atoms with Gasteiger partial charge in [-0.25, -0.2) is 0 Å². The Hall–Kier alpha value is -3.64. The van der Waals surface area contributed by atoms with E-state index in [1.807, 2.05) is 18.3 Å². The topological polar surface area (TPSA) is 45.1 Å². The van der Waals surface area contributed by atoms with Crippen LogP contribution in [0.15, 0.2) is 79.0 Å². The number of hydrogen-bond acceptors (Lipinski definition) is 3. The fraction of sp³-hybridized carbons (Fsp3) is 0.290. The third kappa shape index (κ3) is 4.98. The Balaban J connectivity index is 1.48. The highest BCUT2D eigenvalue weighted by molar-refractivity contribution is 7.80. The minimum atomic E-state index is -0.0108. The quantitative estimate of drug-likeness (QED) is 0.207. The van der Waals surface area contributed by atoms with E-state index in [1.54, 1.807) is 0 Å². The van der Waals surface area contributed by atoms with Crippen molar-refractivity contribution in [2.75, 3.05) is 18.4 Å². The Morgan fingerprint density at radius 2 is 1.73 bits per heavy atom. The number of thiocarbonyl (C=S) groups is 1. The van der Waals surface area contributed by atoms with E-state index < -0.39 is 0 Å². The lowest BCUT2D eigenvalue weighted by molar-refractivity contribution is 0.315. The van der Waals surface area contributed by atoms with Crippen molar-refractivity contribution >= 4 is 23.0 Å². The van der Waals surface area contributed by atoms with Crippen LogP contribution in [-0.2, 0) is 0 Å². The number of rotatable bonds is 8. The van der Waals surface area contributed by atoms with E-state index in [0.29, 0.717) is 0 Å². The van der Waals surface area contributed by atoms with Crippen LogP contribution < -0.4 is 10.6 Å². The van der Waals surface area contributed by atoms with Gasteiger partial charge in [0, 0.05) is 42.0 Å². The number of nitrogens with zero attached hydrogens (tertiary/aromatic N) is 3. The lowest BCUT2D eigenvalue weighted by Gasteiger charge is -2.28. The molecule has 5 nitrogen and oxygen atoms in total. The first-order valence-electron chi connectivity index (χ1n) is 13.0. The summed E-state index contributed by atoms with van der Waals surface area (Å²) < 4.78 is 2.39. The second-order valence-electron chi connectivity index (χ2n) is 9.85. The molecule has 1 fully saturated rings. The van der Waals surface area contributed by atoms with E-state index in [4.69, 9.17) is 17.2 Å². The van der Waals surface area contributed by atoms with Gasteiger partial charge in [0.05, 0.1) is 17.8 Å². The summed E-state index contributed by atoms with van der Waals surface area (Å²) >= 11 is 5.91. The number of pyridine rings is 1. The highest BCUT2D eigenvalue weighted by Crippen LogP contribution is 2.41. The smallest absolute Gasteiger partial charge is 0.170 e. The predicted octanol–water partition coefficient (Wildman–Crippen LogP) is 6.58. The number of aromatic nitrogens is 2. The summed E-state index contributed by atoms with van der Waals surface area (Å²) in [5.74, 6) is 0. The molecule has 4 aromatic rings. The van der Waals surface area contributed by atoms with Gasteiger partial charge in [-0.2, -0.15) is 0 Å². The maximum Gasteiger partial charge on any atom is 0.170 e. The number of benzene rings is 2. The summed E-state index contributed by atoms with van der Waals surface area (Å²) in [4.78, 5) is 7.07. The summed E-state index contributed by atoms with van der Waals surface area (Å²) in [5, 5.41) is 7.93. The molecule has 0 aliphatic carbocycles. The monoisotopic (exact) mass is 509 g/mol. The van der Waals surface area contributed by atoms with Gasteiger partial charge >= 0.3 is 0 Å². The maximum absolute atomic E-state index is 5.91. The minimum Gasteiger partial charge on any atom is -0.385 e. The summed E-state index contributed by atoms with van der Waals surface area (Å²) in [6.45, 7) is 10.5. The van der Waals surface area contributed by atoms with E-state index in [2.05, 4.69) is 108 Å². The molecular weight excluding hydrogens is 474 g/mol. The molecule has 0 bridgehead atoms. The first-order chi connectivity index (χ1) is 18.0. The molecule has 5 rings (SSSR count). The number of aryl methyl sites for hydroxylation is 2. The standard InChI is InChI=1S/C31H35N5S/c1-21-12-10-16-28(23(21)3)36-22(2)20-26(24(36)4)30-29(27-15-8-9-17-33-27)34-31(37)35(30)19-11-18-32-25-13-6-5-7-14-25/h5-10,12-17,20,29-30,32H,11,18-19H2,1-4H3,(H,34,37)/t29-,30-/m0/s1. The van der Waals surface area contributed by atoms with Crippen LogP contribution in [0.3, 0.4) is 0 Å². The van der Waals surface area contributed by atoms with Crippen LogP contribution >= 0.6 is 12.2 Å². The third-order valence-electron chi connectivity index (χ3n) is 7.48. The van der Waals surface area contributed by atoms with Gasteiger partial charge in [-0.3, -0.25) is 4.98 Å². The normalized spacial score (nSPS) is 17.2. The average molecular weight is 510 g/mol. The molecule has 2 aromatic carbocycles. The summed E-state index contributed by atoms with van der Waals surface area (Å²) in [6.07, 6.45) is 2.83. The molecule has 1 aliphatic rings. The first-order valence-corrected chi connectivity index (χ1v) is 13.4. The Morgan fingerprint density at radius 3 is 2.49 bits per heavy atom. The molecule has 0 amide bonds. The van der Waals surface area contributed by atoms with Gasteiger partial charge in [0.1, 0.15) is 0 Å². The molecule has 3 heterocycles. The maximum atomic E-state index is 5.91. The van der Waals surface area contributed by atoms with Crippen molar-refractivity contribution in [2.45, 2.75) is 46.2 Å². The molecule has 6 heteroatoms. The van der Waals surface area contributed by atoms with Crippen LogP contribution in [0.25, 0.3) is 5.69 Å². The van der Waals surface area contributed by atoms with Crippen molar-refractivity contribution in [1.29, 1.82) is 0 Å². The summed E-state index contributed by atoms with van der Waals surface area (Å²) in [7, 11) is 0. The van der Waals surface area contributed by atoms with Gasteiger partial charge in [-0.15, -0.1) is 0 Å². The molecule has 0 spiro atoms. The van der Waals surface area contributed by atoms with Crippen molar-refractivity contribution in [1.82, 2.24) is 19.8 Å². The summed E-state index contributed by atoms with van der Waals surface area (Å²) in [6, 6.07) is 25.4. The fourth-order valence-corrected chi connectivity index (χ4v) is 5.79. The van der Waals surface area contributed by atoms with Crippen LogP contribution in [0.2, 0.25) is 0 Å². The van der Waals surface area contributed by atoms with Crippen LogP contribution in [0.1, 0.15) is 52.3 Å². The number of hydrogen-bond donors (Lipinski definition) is 2. The average Bonchev–Trinajstić information content (AvgIpc) is 3.39. The van der Waals surface area contributed by atoms with E-state index in [0.717, 1.165) is 36.0 Å². The van der Waals surface area contributed by atoms with E-state index in [1.165, 1.54) is 33.8 Å². The van der Waals surface area contributed by atoms with Crippen molar-refractivity contribution in [3.63, 3.8) is 0 Å². The predicted molar refractivity (Wildman–Crippen MR) is 156 cm³/mol. The largest absolute Gasteiger partial charge is 0.385 e. The van der Waals surface area contributed by atoms with E-state index in [9.17, 15) is 0 Å². The lowest BCUT2D eigenvalue weighted by Crippen LogP contribution is -2.31. The van der Waals surface area contributed by atoms with Gasteiger partial charge in [0.15, 0.2) is 5.11 Å². The molecule has 2 N–H and O–H groups in total. The molecule has 2 atom stereocenters. The second kappa shape index (κ2) is 10.8. The van der Waals surface area contributed by atoms with Crippen LogP contribution in [0.4, 0.5) is 5.69 Å². The lowest BCUT2D eigenvalue weighted by atomic mass is 9.96. The summed E-state index contributed by atoms with van der Waals surface area (Å²) in [5.41, 5.74) is 9.76. The minimum absolute atomic E-state index is 0.0108. The first kappa shape index (κ1) is 25.0. The zero-order valence-corrected chi connectivity index (χ0v) is 22.8. The highest BCUT2D eigenvalue weighted by Gasteiger charge is 2.41. The fourth-order valence-electron chi connectivity index (χ4n) is 5.46.